The van der Waals surface area contributed by atoms with Gasteiger partial charge in [0.05, 0.1) is 23.9 Å². The van der Waals surface area contributed by atoms with Crippen molar-refractivity contribution in [3.8, 4) is 0 Å². The molecule has 3 N–H and O–H groups in total. The molecule has 4 heterocycles. The zero-order chi connectivity index (χ0) is 22.0. The Kier molecular flexibility index (Phi) is 5.06. The minimum Gasteiger partial charge on any atom is -0.361 e. The van der Waals surface area contributed by atoms with Crippen molar-refractivity contribution < 1.29 is 0 Å². The van der Waals surface area contributed by atoms with E-state index in [0.717, 1.165) is 46.6 Å². The number of hydrogen-bond acceptors (Lipinski definition) is 7. The van der Waals surface area contributed by atoms with Gasteiger partial charge >= 0.3 is 0 Å². The number of anilines is 3. The topological polar surface area (TPSA) is 109 Å². The predicted octanol–water partition coefficient (Wildman–Crippen LogP) is 4.96. The number of nitrogens with zero attached hydrogens (tertiary/aromatic N) is 6. The van der Waals surface area contributed by atoms with Crippen molar-refractivity contribution in [2.45, 2.75) is 44.7 Å². The van der Waals surface area contributed by atoms with Gasteiger partial charge in [-0.05, 0) is 37.1 Å². The van der Waals surface area contributed by atoms with Crippen LogP contribution in [0.3, 0.4) is 0 Å². The maximum atomic E-state index is 4.85. The summed E-state index contributed by atoms with van der Waals surface area (Å²) in [7, 11) is 0. The van der Waals surface area contributed by atoms with Crippen LogP contribution in [0, 0.1) is 0 Å². The van der Waals surface area contributed by atoms with Gasteiger partial charge in [0, 0.05) is 24.1 Å². The minimum atomic E-state index is 0.427. The van der Waals surface area contributed by atoms with Gasteiger partial charge in [-0.25, -0.2) is 9.97 Å². The lowest BCUT2D eigenvalue weighted by atomic mass is 9.95. The van der Waals surface area contributed by atoms with Crippen LogP contribution in [0.5, 0.6) is 0 Å². The van der Waals surface area contributed by atoms with Crippen LogP contribution in [0.25, 0.3) is 22.2 Å². The zero-order valence-electron chi connectivity index (χ0n) is 18.2. The number of hydrogen-bond donors (Lipinski definition) is 3. The quantitative estimate of drug-likeness (QED) is 0.343. The number of pyridine rings is 1. The maximum absolute atomic E-state index is 4.85. The summed E-state index contributed by atoms with van der Waals surface area (Å²) in [4.78, 5) is 26.4. The van der Waals surface area contributed by atoms with E-state index in [0.29, 0.717) is 24.4 Å². The number of H-pyrrole nitrogens is 1. The molecule has 6 rings (SSSR count). The number of benzene rings is 1. The van der Waals surface area contributed by atoms with E-state index < -0.39 is 0 Å². The van der Waals surface area contributed by atoms with Gasteiger partial charge in [-0.15, -0.1) is 0 Å². The third-order valence-electron chi connectivity index (χ3n) is 6.19. The highest BCUT2D eigenvalue weighted by Crippen LogP contribution is 2.32. The van der Waals surface area contributed by atoms with Crippen molar-refractivity contribution in [3.63, 3.8) is 0 Å². The Bertz CT molecular complexity index is 1350. The first kappa shape index (κ1) is 19.7. The van der Waals surface area contributed by atoms with Crippen LogP contribution >= 0.6 is 0 Å². The number of aromatic amines is 1. The van der Waals surface area contributed by atoms with Gasteiger partial charge in [0.15, 0.2) is 17.0 Å². The van der Waals surface area contributed by atoms with Gasteiger partial charge in [-0.1, -0.05) is 31.4 Å². The number of aromatic nitrogens is 7. The van der Waals surface area contributed by atoms with E-state index in [1.54, 1.807) is 12.4 Å². The average Bonchev–Trinajstić information content (AvgIpc) is 3.48. The molecule has 0 saturated heterocycles. The molecule has 5 aromatic rings. The van der Waals surface area contributed by atoms with E-state index in [1.807, 2.05) is 42.7 Å². The second-order valence-corrected chi connectivity index (χ2v) is 8.43. The number of imidazole rings is 2. The lowest BCUT2D eigenvalue weighted by molar-refractivity contribution is 0.358. The van der Waals surface area contributed by atoms with E-state index in [4.69, 9.17) is 15.0 Å². The van der Waals surface area contributed by atoms with Gasteiger partial charge in [0.25, 0.3) is 0 Å². The summed E-state index contributed by atoms with van der Waals surface area (Å²) in [6, 6.07) is 12.2. The first-order chi connectivity index (χ1) is 16.3. The van der Waals surface area contributed by atoms with Crippen LogP contribution in [0.4, 0.5) is 17.5 Å². The molecule has 9 nitrogen and oxygen atoms in total. The van der Waals surface area contributed by atoms with Gasteiger partial charge in [-0.2, -0.15) is 9.97 Å². The summed E-state index contributed by atoms with van der Waals surface area (Å²) in [6.45, 7) is 0.506. The molecular weight excluding hydrogens is 414 g/mol. The summed E-state index contributed by atoms with van der Waals surface area (Å²) >= 11 is 0. The average molecular weight is 440 g/mol. The van der Waals surface area contributed by atoms with E-state index in [9.17, 15) is 0 Å². The summed E-state index contributed by atoms with van der Waals surface area (Å²) < 4.78 is 2.22. The van der Waals surface area contributed by atoms with Crippen molar-refractivity contribution >= 4 is 39.7 Å². The van der Waals surface area contributed by atoms with Crippen molar-refractivity contribution in [3.05, 3.63) is 60.9 Å². The van der Waals surface area contributed by atoms with Crippen LogP contribution in [-0.2, 0) is 6.54 Å². The summed E-state index contributed by atoms with van der Waals surface area (Å²) in [5, 5.41) is 6.74. The van der Waals surface area contributed by atoms with Gasteiger partial charge in [-0.3, -0.25) is 4.98 Å². The first-order valence-electron chi connectivity index (χ1n) is 11.4. The van der Waals surface area contributed by atoms with Crippen LogP contribution in [-0.4, -0.2) is 34.5 Å². The monoisotopic (exact) mass is 439 g/mol. The third-order valence-corrected chi connectivity index (χ3v) is 6.19. The van der Waals surface area contributed by atoms with Crippen LogP contribution < -0.4 is 10.6 Å². The molecule has 0 unspecified atom stereocenters. The molecule has 1 fully saturated rings. The van der Waals surface area contributed by atoms with Crippen molar-refractivity contribution in [1.82, 2.24) is 34.5 Å². The van der Waals surface area contributed by atoms with Gasteiger partial charge in [0.2, 0.25) is 5.95 Å². The van der Waals surface area contributed by atoms with Crippen molar-refractivity contribution in [2.75, 3.05) is 10.6 Å². The second-order valence-electron chi connectivity index (χ2n) is 8.43. The van der Waals surface area contributed by atoms with Gasteiger partial charge in [0.1, 0.15) is 5.82 Å². The molecule has 4 aromatic heterocycles. The highest BCUT2D eigenvalue weighted by atomic mass is 15.2. The number of fused-ring (bicyclic) bond motifs is 2. The fourth-order valence-corrected chi connectivity index (χ4v) is 4.54. The SMILES string of the molecule is c1ccc2[nH]c(CNc3nc(Nc4ccncc4)nc4c3ncn4C3CCCCC3)nc2c1. The smallest absolute Gasteiger partial charge is 0.231 e. The van der Waals surface area contributed by atoms with E-state index >= 15 is 0 Å². The Morgan fingerprint density at radius 2 is 1.82 bits per heavy atom. The molecule has 1 saturated carbocycles. The second kappa shape index (κ2) is 8.50. The standard InChI is InChI=1S/C24H25N9/c1-2-6-17(7-3-1)33-15-27-21-22(26-14-20-29-18-8-4-5-9-19(18)30-20)31-24(32-23(21)33)28-16-10-12-25-13-11-16/h4-5,8-13,15,17H,1-3,6-7,14H2,(H,29,30)(H2,25,26,28,31,32). The van der Waals surface area contributed by atoms with Crippen molar-refractivity contribution in [2.24, 2.45) is 0 Å². The molecule has 1 aliphatic carbocycles. The Hall–Kier alpha value is -4.01. The number of nitrogens with one attached hydrogen (secondary N) is 3. The minimum absolute atomic E-state index is 0.427. The summed E-state index contributed by atoms with van der Waals surface area (Å²) in [5.41, 5.74) is 4.47. The van der Waals surface area contributed by atoms with Crippen LogP contribution in [0.1, 0.15) is 44.0 Å². The highest BCUT2D eigenvalue weighted by Gasteiger charge is 2.21. The fourth-order valence-electron chi connectivity index (χ4n) is 4.54. The summed E-state index contributed by atoms with van der Waals surface area (Å²) in [5.74, 6) is 2.06. The van der Waals surface area contributed by atoms with Crippen molar-refractivity contribution in [1.29, 1.82) is 0 Å². The molecule has 1 aliphatic rings. The van der Waals surface area contributed by atoms with Crippen LogP contribution in [0.2, 0.25) is 0 Å². The van der Waals surface area contributed by atoms with E-state index in [-0.39, 0.29) is 0 Å². The fraction of sp³-hybridized carbons (Fsp3) is 0.292. The van der Waals surface area contributed by atoms with Gasteiger partial charge < -0.3 is 20.2 Å². The molecule has 0 atom stereocenters. The molecule has 9 heteroatoms. The lowest BCUT2D eigenvalue weighted by Crippen LogP contribution is -2.13. The van der Waals surface area contributed by atoms with Crippen LogP contribution in [0.15, 0.2) is 55.1 Å². The number of rotatable bonds is 6. The Balaban J connectivity index is 1.36. The Labute approximate surface area is 190 Å². The number of para-hydroxylation sites is 2. The molecule has 0 amide bonds. The molecule has 166 valence electrons. The molecular formula is C24H25N9. The molecule has 0 aliphatic heterocycles. The normalized spacial score (nSPS) is 14.7. The zero-order valence-corrected chi connectivity index (χ0v) is 18.2. The molecule has 0 spiro atoms. The van der Waals surface area contributed by atoms with E-state index in [2.05, 4.69) is 30.2 Å². The third kappa shape index (κ3) is 3.97. The largest absolute Gasteiger partial charge is 0.361 e. The molecule has 0 bridgehead atoms. The first-order valence-corrected chi connectivity index (χ1v) is 11.4. The summed E-state index contributed by atoms with van der Waals surface area (Å²) in [6.07, 6.45) is 11.5. The lowest BCUT2D eigenvalue weighted by Gasteiger charge is -2.23. The molecule has 1 aromatic carbocycles. The highest BCUT2D eigenvalue weighted by molar-refractivity contribution is 5.85. The molecule has 0 radical (unpaired) electrons. The maximum Gasteiger partial charge on any atom is 0.231 e. The molecule has 33 heavy (non-hydrogen) atoms. The predicted molar refractivity (Wildman–Crippen MR) is 128 cm³/mol. The Morgan fingerprint density at radius 1 is 0.970 bits per heavy atom. The van der Waals surface area contributed by atoms with E-state index in [1.165, 1.54) is 19.3 Å². The Morgan fingerprint density at radius 3 is 2.67 bits per heavy atom.